The molecule has 2 aromatic carbocycles. The number of hydrogen-bond acceptors (Lipinski definition) is 6. The third kappa shape index (κ3) is 3.61. The van der Waals surface area contributed by atoms with Gasteiger partial charge >= 0.3 is 13.1 Å². The normalized spacial score (nSPS) is 10.1. The standard InChI is InChI=1S/C13H9BClNO6/c15-11-3-1-2-4-12(11)22-13(17)8-5-9(14(18)19)7-10(6-8)16(20)21/h1-7,18-19H. The molecule has 0 saturated carbocycles. The number of nitro benzene ring substituents is 1. The molecule has 2 rings (SSSR count). The molecular formula is C13H9BClNO6. The van der Waals surface area contributed by atoms with Gasteiger partial charge in [-0.3, -0.25) is 10.1 Å². The molecular weight excluding hydrogens is 312 g/mol. The minimum Gasteiger partial charge on any atom is -0.423 e. The second-order valence-corrected chi connectivity index (χ2v) is 4.67. The first-order valence-corrected chi connectivity index (χ1v) is 6.38. The Hall–Kier alpha value is -2.42. The van der Waals surface area contributed by atoms with Gasteiger partial charge in [-0.15, -0.1) is 0 Å². The zero-order valence-corrected chi connectivity index (χ0v) is 11.7. The molecule has 112 valence electrons. The van der Waals surface area contributed by atoms with Gasteiger partial charge in [0.25, 0.3) is 5.69 Å². The van der Waals surface area contributed by atoms with E-state index in [0.29, 0.717) is 0 Å². The smallest absolute Gasteiger partial charge is 0.423 e. The molecule has 0 amide bonds. The molecule has 9 heteroatoms. The number of esters is 1. The number of nitro groups is 1. The summed E-state index contributed by atoms with van der Waals surface area (Å²) in [6, 6.07) is 9.25. The van der Waals surface area contributed by atoms with Crippen molar-refractivity contribution in [3.8, 4) is 5.75 Å². The van der Waals surface area contributed by atoms with Gasteiger partial charge in [0.2, 0.25) is 0 Å². The van der Waals surface area contributed by atoms with Crippen LogP contribution in [0.4, 0.5) is 5.69 Å². The lowest BCUT2D eigenvalue weighted by Crippen LogP contribution is -2.31. The molecule has 2 aromatic rings. The second kappa shape index (κ2) is 6.57. The van der Waals surface area contributed by atoms with E-state index in [1.807, 2.05) is 0 Å². The first-order valence-electron chi connectivity index (χ1n) is 6.00. The summed E-state index contributed by atoms with van der Waals surface area (Å²) in [4.78, 5) is 22.1. The molecule has 0 aromatic heterocycles. The predicted octanol–water partition coefficient (Wildman–Crippen LogP) is 1.15. The molecule has 7 nitrogen and oxygen atoms in total. The van der Waals surface area contributed by atoms with Gasteiger partial charge < -0.3 is 14.8 Å². The quantitative estimate of drug-likeness (QED) is 0.287. The SMILES string of the molecule is O=C(Oc1ccccc1Cl)c1cc(B(O)O)cc([N+](=O)[O-])c1. The van der Waals surface area contributed by atoms with E-state index in [9.17, 15) is 14.9 Å². The van der Waals surface area contributed by atoms with Crippen LogP contribution >= 0.6 is 11.6 Å². The summed E-state index contributed by atoms with van der Waals surface area (Å²) in [6.07, 6.45) is 0. The largest absolute Gasteiger partial charge is 0.488 e. The van der Waals surface area contributed by atoms with Crippen molar-refractivity contribution in [2.45, 2.75) is 0 Å². The first kappa shape index (κ1) is 16.0. The van der Waals surface area contributed by atoms with E-state index in [1.54, 1.807) is 12.1 Å². The van der Waals surface area contributed by atoms with Crippen LogP contribution in [0.15, 0.2) is 42.5 Å². The van der Waals surface area contributed by atoms with E-state index < -0.39 is 23.7 Å². The molecule has 0 bridgehead atoms. The summed E-state index contributed by atoms with van der Waals surface area (Å²) in [5, 5.41) is 29.3. The van der Waals surface area contributed by atoms with Crippen LogP contribution < -0.4 is 10.2 Å². The van der Waals surface area contributed by atoms with Crippen molar-refractivity contribution in [2.75, 3.05) is 0 Å². The van der Waals surface area contributed by atoms with Gasteiger partial charge in [-0.05, 0) is 23.7 Å². The van der Waals surface area contributed by atoms with Gasteiger partial charge in [0.15, 0.2) is 0 Å². The Morgan fingerprint density at radius 3 is 2.50 bits per heavy atom. The number of nitrogens with zero attached hydrogens (tertiary/aromatic N) is 1. The number of rotatable bonds is 4. The van der Waals surface area contributed by atoms with Crippen molar-refractivity contribution in [1.29, 1.82) is 0 Å². The van der Waals surface area contributed by atoms with E-state index in [2.05, 4.69) is 0 Å². The summed E-state index contributed by atoms with van der Waals surface area (Å²) in [5.74, 6) is -0.814. The highest BCUT2D eigenvalue weighted by atomic mass is 35.5. The maximum atomic E-state index is 12.0. The highest BCUT2D eigenvalue weighted by molar-refractivity contribution is 6.58. The summed E-state index contributed by atoms with van der Waals surface area (Å²) >= 11 is 5.85. The number of non-ortho nitro benzene ring substituents is 1. The summed E-state index contributed by atoms with van der Waals surface area (Å²) < 4.78 is 5.04. The molecule has 0 heterocycles. The van der Waals surface area contributed by atoms with Gasteiger partial charge in [0.05, 0.1) is 15.5 Å². The van der Waals surface area contributed by atoms with E-state index >= 15 is 0 Å². The van der Waals surface area contributed by atoms with Crippen molar-refractivity contribution in [3.05, 3.63) is 63.2 Å². The molecule has 0 aliphatic heterocycles. The van der Waals surface area contributed by atoms with E-state index in [1.165, 1.54) is 12.1 Å². The summed E-state index contributed by atoms with van der Waals surface area (Å²) in [7, 11) is -1.95. The van der Waals surface area contributed by atoms with Gasteiger partial charge in [-0.25, -0.2) is 4.79 Å². The Balaban J connectivity index is 2.37. The highest BCUT2D eigenvalue weighted by Crippen LogP contribution is 2.24. The maximum Gasteiger partial charge on any atom is 0.488 e. The lowest BCUT2D eigenvalue weighted by atomic mass is 9.79. The fraction of sp³-hybridized carbons (Fsp3) is 0. The Labute approximate surface area is 130 Å². The average Bonchev–Trinajstić information content (AvgIpc) is 2.49. The zero-order chi connectivity index (χ0) is 16.3. The number of carbonyl (C=O) groups is 1. The molecule has 0 atom stereocenters. The third-order valence-corrected chi connectivity index (χ3v) is 3.04. The van der Waals surface area contributed by atoms with Crippen molar-refractivity contribution >= 4 is 35.8 Å². The highest BCUT2D eigenvalue weighted by Gasteiger charge is 2.21. The van der Waals surface area contributed by atoms with E-state index in [0.717, 1.165) is 18.2 Å². The van der Waals surface area contributed by atoms with Crippen LogP contribution in [0.3, 0.4) is 0 Å². The first-order chi connectivity index (χ1) is 10.4. The van der Waals surface area contributed by atoms with Crippen LogP contribution in [-0.2, 0) is 0 Å². The predicted molar refractivity (Wildman–Crippen MR) is 79.3 cm³/mol. The number of carbonyl (C=O) groups excluding carboxylic acids is 1. The van der Waals surface area contributed by atoms with Crippen LogP contribution in [0.25, 0.3) is 0 Å². The van der Waals surface area contributed by atoms with Crippen LogP contribution in [0.2, 0.25) is 5.02 Å². The van der Waals surface area contributed by atoms with Crippen LogP contribution in [0.5, 0.6) is 5.75 Å². The zero-order valence-electron chi connectivity index (χ0n) is 11.0. The molecule has 0 unspecified atom stereocenters. The topological polar surface area (TPSA) is 110 Å². The van der Waals surface area contributed by atoms with Crippen molar-refractivity contribution in [1.82, 2.24) is 0 Å². The van der Waals surface area contributed by atoms with Crippen molar-refractivity contribution in [3.63, 3.8) is 0 Å². The monoisotopic (exact) mass is 321 g/mol. The minimum absolute atomic E-state index is 0.0896. The van der Waals surface area contributed by atoms with Crippen LogP contribution in [-0.4, -0.2) is 28.1 Å². The lowest BCUT2D eigenvalue weighted by molar-refractivity contribution is -0.384. The fourth-order valence-corrected chi connectivity index (χ4v) is 1.87. The number of para-hydroxylation sites is 1. The molecule has 0 fully saturated rings. The molecule has 22 heavy (non-hydrogen) atoms. The Bertz CT molecular complexity index is 736. The second-order valence-electron chi connectivity index (χ2n) is 4.26. The minimum atomic E-state index is -1.95. The Kier molecular flexibility index (Phi) is 4.76. The van der Waals surface area contributed by atoms with Crippen LogP contribution in [0.1, 0.15) is 10.4 Å². The Morgan fingerprint density at radius 2 is 1.91 bits per heavy atom. The number of halogens is 1. The van der Waals surface area contributed by atoms with Gasteiger partial charge in [0, 0.05) is 12.1 Å². The van der Waals surface area contributed by atoms with Gasteiger partial charge in [-0.2, -0.15) is 0 Å². The lowest BCUT2D eigenvalue weighted by Gasteiger charge is -2.07. The van der Waals surface area contributed by atoms with Crippen LogP contribution in [0, 0.1) is 10.1 Å². The molecule has 0 aliphatic rings. The van der Waals surface area contributed by atoms with E-state index in [4.69, 9.17) is 26.4 Å². The summed E-state index contributed by atoms with van der Waals surface area (Å²) in [5.41, 5.74) is -0.853. The third-order valence-electron chi connectivity index (χ3n) is 2.72. The number of hydrogen-bond donors (Lipinski definition) is 2. The maximum absolute atomic E-state index is 12.0. The van der Waals surface area contributed by atoms with Crippen molar-refractivity contribution in [2.24, 2.45) is 0 Å². The van der Waals surface area contributed by atoms with E-state index in [-0.39, 0.29) is 21.8 Å². The Morgan fingerprint density at radius 1 is 1.23 bits per heavy atom. The van der Waals surface area contributed by atoms with Gasteiger partial charge in [-0.1, -0.05) is 23.7 Å². The molecule has 0 spiro atoms. The van der Waals surface area contributed by atoms with Gasteiger partial charge in [0.1, 0.15) is 5.75 Å². The summed E-state index contributed by atoms with van der Waals surface area (Å²) in [6.45, 7) is 0. The average molecular weight is 321 g/mol. The number of ether oxygens (including phenoxy) is 1. The molecule has 0 aliphatic carbocycles. The van der Waals surface area contributed by atoms with Crippen molar-refractivity contribution < 1.29 is 24.5 Å². The molecule has 2 N–H and O–H groups in total. The molecule has 0 radical (unpaired) electrons. The molecule has 0 saturated heterocycles. The fourth-order valence-electron chi connectivity index (χ4n) is 1.69. The number of benzene rings is 2.